The highest BCUT2D eigenvalue weighted by Crippen LogP contribution is 2.29. The largest absolute Gasteiger partial charge is 0.497 e. The Labute approximate surface area is 193 Å². The van der Waals surface area contributed by atoms with Crippen LogP contribution in [0.2, 0.25) is 0 Å². The first-order valence-electron chi connectivity index (χ1n) is 10.5. The summed E-state index contributed by atoms with van der Waals surface area (Å²) in [7, 11) is 1.62. The van der Waals surface area contributed by atoms with Gasteiger partial charge in [0.1, 0.15) is 11.5 Å². The van der Waals surface area contributed by atoms with E-state index in [1.807, 2.05) is 67.8 Å². The minimum atomic E-state index is -0.324. The Bertz CT molecular complexity index is 1080. The van der Waals surface area contributed by atoms with Crippen LogP contribution in [0.1, 0.15) is 49.9 Å². The highest BCUT2D eigenvalue weighted by Gasteiger charge is 2.22. The zero-order valence-corrected chi connectivity index (χ0v) is 20.2. The van der Waals surface area contributed by atoms with Crippen molar-refractivity contribution in [3.63, 3.8) is 0 Å². The van der Waals surface area contributed by atoms with E-state index in [1.54, 1.807) is 7.11 Å². The van der Waals surface area contributed by atoms with Gasteiger partial charge in [0.05, 0.1) is 12.9 Å². The molecule has 1 heterocycles. The fraction of sp³-hybridized carbons (Fsp3) is 0.375. The number of carbonyl (C=O) groups is 1. The fourth-order valence-electron chi connectivity index (χ4n) is 3.27. The van der Waals surface area contributed by atoms with Crippen molar-refractivity contribution in [3.05, 3.63) is 59.4 Å². The Morgan fingerprint density at radius 1 is 1.09 bits per heavy atom. The number of nitrogens with zero attached hydrogens (tertiary/aromatic N) is 3. The predicted molar refractivity (Wildman–Crippen MR) is 128 cm³/mol. The molecule has 1 N–H and O–H groups in total. The summed E-state index contributed by atoms with van der Waals surface area (Å²) >= 11 is 1.37. The van der Waals surface area contributed by atoms with Crippen LogP contribution in [-0.2, 0) is 4.79 Å². The Morgan fingerprint density at radius 3 is 2.56 bits per heavy atom. The second kappa shape index (κ2) is 10.5. The van der Waals surface area contributed by atoms with Crippen LogP contribution in [0, 0.1) is 13.8 Å². The maximum absolute atomic E-state index is 12.5. The molecule has 0 fully saturated rings. The molecule has 2 aromatic carbocycles. The van der Waals surface area contributed by atoms with Crippen molar-refractivity contribution < 1.29 is 14.3 Å². The van der Waals surface area contributed by atoms with Crippen LogP contribution < -0.4 is 14.8 Å². The number of benzene rings is 2. The van der Waals surface area contributed by atoms with E-state index in [4.69, 9.17) is 9.47 Å². The molecule has 3 rings (SSSR count). The molecule has 0 saturated heterocycles. The molecule has 32 heavy (non-hydrogen) atoms. The molecule has 1 amide bonds. The quantitative estimate of drug-likeness (QED) is 0.439. The number of hydrogen-bond acceptors (Lipinski definition) is 6. The van der Waals surface area contributed by atoms with Crippen LogP contribution in [-0.4, -0.2) is 33.5 Å². The summed E-state index contributed by atoms with van der Waals surface area (Å²) in [6.45, 7) is 10.0. The number of anilines is 1. The van der Waals surface area contributed by atoms with Gasteiger partial charge in [0, 0.05) is 17.8 Å². The van der Waals surface area contributed by atoms with Crippen LogP contribution >= 0.6 is 11.8 Å². The minimum absolute atomic E-state index is 0.0794. The van der Waals surface area contributed by atoms with E-state index < -0.39 is 0 Å². The van der Waals surface area contributed by atoms with Gasteiger partial charge in [-0.05, 0) is 63.9 Å². The summed E-state index contributed by atoms with van der Waals surface area (Å²) in [5, 5.41) is 12.4. The van der Waals surface area contributed by atoms with Gasteiger partial charge in [-0.3, -0.25) is 4.79 Å². The van der Waals surface area contributed by atoms with Gasteiger partial charge in [0.2, 0.25) is 5.91 Å². The molecule has 1 atom stereocenters. The molecule has 0 aliphatic carbocycles. The molecule has 3 aromatic rings. The number of aryl methyl sites for hydroxylation is 2. The monoisotopic (exact) mass is 454 g/mol. The second-order valence-corrected chi connectivity index (χ2v) is 8.84. The third kappa shape index (κ3) is 5.82. The summed E-state index contributed by atoms with van der Waals surface area (Å²) in [5.41, 5.74) is 2.97. The molecule has 1 unspecified atom stereocenters. The van der Waals surface area contributed by atoms with Gasteiger partial charge >= 0.3 is 0 Å². The van der Waals surface area contributed by atoms with E-state index in [0.29, 0.717) is 16.7 Å². The van der Waals surface area contributed by atoms with Crippen molar-refractivity contribution in [2.45, 2.75) is 51.9 Å². The molecule has 170 valence electrons. The van der Waals surface area contributed by atoms with Crippen LogP contribution in [0.3, 0.4) is 0 Å². The van der Waals surface area contributed by atoms with Crippen LogP contribution in [0.5, 0.6) is 11.5 Å². The number of methoxy groups -OCH3 is 1. The molecular weight excluding hydrogens is 424 g/mol. The number of nitrogens with one attached hydrogen (secondary N) is 1. The molecule has 1 aromatic heterocycles. The Kier molecular flexibility index (Phi) is 7.80. The smallest absolute Gasteiger partial charge is 0.234 e. The molecular formula is C24H30N4O3S. The number of aromatic nitrogens is 3. The average molecular weight is 455 g/mol. The Morgan fingerprint density at radius 2 is 1.84 bits per heavy atom. The second-order valence-electron chi connectivity index (χ2n) is 7.90. The van der Waals surface area contributed by atoms with E-state index in [-0.39, 0.29) is 23.8 Å². The van der Waals surface area contributed by atoms with E-state index in [9.17, 15) is 4.79 Å². The van der Waals surface area contributed by atoms with Crippen molar-refractivity contribution in [2.24, 2.45) is 0 Å². The molecule has 8 heteroatoms. The van der Waals surface area contributed by atoms with Crippen LogP contribution in [0.15, 0.2) is 47.6 Å². The molecule has 0 radical (unpaired) electrons. The Hall–Kier alpha value is -3.00. The van der Waals surface area contributed by atoms with Gasteiger partial charge in [-0.15, -0.1) is 10.2 Å². The maximum atomic E-state index is 12.5. The zero-order valence-electron chi connectivity index (χ0n) is 19.4. The van der Waals surface area contributed by atoms with Crippen molar-refractivity contribution in [3.8, 4) is 11.5 Å². The standard InChI is InChI=1S/C24H30N4O3S/c1-15(2)28-23(18(5)31-20-9-7-8-19(13-20)30-6)26-27-24(28)32-14-22(29)25-21-12-16(3)10-11-17(21)4/h7-13,15,18H,14H2,1-6H3,(H,25,29). The first-order valence-corrected chi connectivity index (χ1v) is 11.5. The number of rotatable bonds is 9. The normalized spacial score (nSPS) is 12.0. The molecule has 7 nitrogen and oxygen atoms in total. The van der Waals surface area contributed by atoms with Gasteiger partial charge in [-0.2, -0.15) is 0 Å². The number of thioether (sulfide) groups is 1. The molecule has 0 aliphatic rings. The zero-order chi connectivity index (χ0) is 23.3. The Balaban J connectivity index is 1.70. The lowest BCUT2D eigenvalue weighted by molar-refractivity contribution is -0.113. The van der Waals surface area contributed by atoms with Crippen molar-refractivity contribution >= 4 is 23.4 Å². The SMILES string of the molecule is COc1cccc(OC(C)c2nnc(SCC(=O)Nc3cc(C)ccc3C)n2C(C)C)c1. The number of amides is 1. The first-order chi connectivity index (χ1) is 15.3. The van der Waals surface area contributed by atoms with E-state index in [1.165, 1.54) is 11.8 Å². The van der Waals surface area contributed by atoms with Crippen molar-refractivity contribution in [1.29, 1.82) is 0 Å². The van der Waals surface area contributed by atoms with Crippen LogP contribution in [0.4, 0.5) is 5.69 Å². The average Bonchev–Trinajstić information content (AvgIpc) is 3.19. The first kappa shape index (κ1) is 23.7. The number of carbonyl (C=O) groups excluding carboxylic acids is 1. The lowest BCUT2D eigenvalue weighted by Gasteiger charge is -2.19. The van der Waals surface area contributed by atoms with Gasteiger partial charge < -0.3 is 19.4 Å². The highest BCUT2D eigenvalue weighted by atomic mass is 32.2. The minimum Gasteiger partial charge on any atom is -0.497 e. The highest BCUT2D eigenvalue weighted by molar-refractivity contribution is 7.99. The third-order valence-corrected chi connectivity index (χ3v) is 5.87. The van der Waals surface area contributed by atoms with Gasteiger partial charge in [-0.25, -0.2) is 0 Å². The topological polar surface area (TPSA) is 78.3 Å². The number of hydrogen-bond donors (Lipinski definition) is 1. The predicted octanol–water partition coefficient (Wildman–Crippen LogP) is 5.36. The van der Waals surface area contributed by atoms with Gasteiger partial charge in [0.15, 0.2) is 17.1 Å². The lowest BCUT2D eigenvalue weighted by Crippen LogP contribution is -2.17. The maximum Gasteiger partial charge on any atom is 0.234 e. The molecule has 0 saturated carbocycles. The lowest BCUT2D eigenvalue weighted by atomic mass is 10.1. The van der Waals surface area contributed by atoms with Crippen molar-refractivity contribution in [2.75, 3.05) is 18.2 Å². The van der Waals surface area contributed by atoms with Gasteiger partial charge in [0.25, 0.3) is 0 Å². The van der Waals surface area contributed by atoms with E-state index >= 15 is 0 Å². The van der Waals surface area contributed by atoms with Gasteiger partial charge in [-0.1, -0.05) is 30.0 Å². The molecule has 0 aliphatic heterocycles. The number of ether oxygens (including phenoxy) is 2. The van der Waals surface area contributed by atoms with E-state index in [2.05, 4.69) is 29.4 Å². The summed E-state index contributed by atoms with van der Waals surface area (Å²) in [6.07, 6.45) is -0.324. The summed E-state index contributed by atoms with van der Waals surface area (Å²) in [5.74, 6) is 2.29. The summed E-state index contributed by atoms with van der Waals surface area (Å²) in [4.78, 5) is 12.5. The summed E-state index contributed by atoms with van der Waals surface area (Å²) < 4.78 is 13.4. The molecule has 0 bridgehead atoms. The third-order valence-electron chi connectivity index (χ3n) is 4.92. The summed E-state index contributed by atoms with van der Waals surface area (Å²) in [6, 6.07) is 13.6. The van der Waals surface area contributed by atoms with Crippen molar-refractivity contribution in [1.82, 2.24) is 14.8 Å². The fourth-order valence-corrected chi connectivity index (χ4v) is 4.14. The van der Waals surface area contributed by atoms with E-state index in [0.717, 1.165) is 22.6 Å². The van der Waals surface area contributed by atoms with Crippen LogP contribution in [0.25, 0.3) is 0 Å². The molecule has 0 spiro atoms.